The maximum Gasteiger partial charge on any atom is 0.239 e. The van der Waals surface area contributed by atoms with Gasteiger partial charge in [-0.1, -0.05) is 20.3 Å². The summed E-state index contributed by atoms with van der Waals surface area (Å²) in [6, 6.07) is -0.515. The van der Waals surface area contributed by atoms with Gasteiger partial charge < -0.3 is 10.6 Å². The highest BCUT2D eigenvalue weighted by Gasteiger charge is 2.18. The molecule has 1 amide bonds. The second kappa shape index (κ2) is 6.85. The second-order valence-corrected chi connectivity index (χ2v) is 6.36. The molecule has 0 aliphatic carbocycles. The number of hydrogen-bond donors (Lipinski definition) is 1. The Morgan fingerprint density at radius 3 is 2.38 bits per heavy atom. The van der Waals surface area contributed by atoms with Crippen molar-refractivity contribution in [1.82, 2.24) is 4.90 Å². The molecule has 0 rings (SSSR count). The third-order valence-corrected chi connectivity index (χ3v) is 4.15. The van der Waals surface area contributed by atoms with E-state index < -0.39 is 15.9 Å². The lowest BCUT2D eigenvalue weighted by atomic mass is 10.1. The summed E-state index contributed by atoms with van der Waals surface area (Å²) in [7, 11) is -1.43. The number of nitrogens with two attached hydrogens (primary N) is 1. The van der Waals surface area contributed by atoms with Crippen LogP contribution in [0.4, 0.5) is 0 Å². The van der Waals surface area contributed by atoms with Gasteiger partial charge in [0, 0.05) is 19.3 Å². The number of likely N-dealkylation sites (N-methyl/N-ethyl adjacent to an activating group) is 1. The van der Waals surface area contributed by atoms with Gasteiger partial charge in [-0.25, -0.2) is 8.42 Å². The first-order valence-corrected chi connectivity index (χ1v) is 7.37. The van der Waals surface area contributed by atoms with Crippen molar-refractivity contribution in [1.29, 1.82) is 0 Å². The topological polar surface area (TPSA) is 80.5 Å². The molecule has 0 bridgehead atoms. The van der Waals surface area contributed by atoms with Gasteiger partial charge in [-0.3, -0.25) is 4.79 Å². The minimum absolute atomic E-state index is 0.00455. The fraction of sp³-hybridized carbons (Fsp3) is 0.900. The number of amides is 1. The van der Waals surface area contributed by atoms with Crippen LogP contribution in [0.25, 0.3) is 0 Å². The molecule has 0 radical (unpaired) electrons. The van der Waals surface area contributed by atoms with Gasteiger partial charge in [0.1, 0.15) is 0 Å². The summed E-state index contributed by atoms with van der Waals surface area (Å²) in [6.45, 7) is 3.76. The first-order valence-electron chi connectivity index (χ1n) is 5.55. The highest BCUT2D eigenvalue weighted by molar-refractivity contribution is 7.91. The normalized spacial score (nSPS) is 13.5. The highest BCUT2D eigenvalue weighted by Crippen LogP contribution is 1.99. The highest BCUT2D eigenvalue weighted by atomic mass is 32.2. The van der Waals surface area contributed by atoms with Gasteiger partial charge in [-0.2, -0.15) is 0 Å². The van der Waals surface area contributed by atoms with Gasteiger partial charge in [0.05, 0.1) is 11.8 Å². The number of hydrogen-bond acceptors (Lipinski definition) is 4. The van der Waals surface area contributed by atoms with E-state index in [9.17, 15) is 13.2 Å². The van der Waals surface area contributed by atoms with Crippen LogP contribution in [0.15, 0.2) is 0 Å². The molecule has 0 fully saturated rings. The largest absolute Gasteiger partial charge is 0.343 e. The summed E-state index contributed by atoms with van der Waals surface area (Å²) >= 11 is 0. The average molecular weight is 250 g/mol. The molecule has 0 saturated carbocycles. The Morgan fingerprint density at radius 1 is 1.38 bits per heavy atom. The fourth-order valence-electron chi connectivity index (χ4n) is 1.25. The van der Waals surface area contributed by atoms with E-state index >= 15 is 0 Å². The fourth-order valence-corrected chi connectivity index (χ4v) is 2.09. The van der Waals surface area contributed by atoms with Crippen molar-refractivity contribution < 1.29 is 13.2 Å². The molecule has 0 aliphatic rings. The Bertz CT molecular complexity index is 314. The number of rotatable bonds is 7. The molecular weight excluding hydrogens is 228 g/mol. The van der Waals surface area contributed by atoms with E-state index in [4.69, 9.17) is 5.73 Å². The zero-order chi connectivity index (χ0) is 12.8. The number of nitrogens with zero attached hydrogens (tertiary/aromatic N) is 1. The van der Waals surface area contributed by atoms with E-state index in [0.29, 0.717) is 6.42 Å². The van der Waals surface area contributed by atoms with E-state index in [0.717, 1.165) is 6.42 Å². The quantitative estimate of drug-likeness (QED) is 0.690. The molecule has 96 valence electrons. The van der Waals surface area contributed by atoms with Crippen LogP contribution in [-0.4, -0.2) is 50.4 Å². The van der Waals surface area contributed by atoms with Crippen molar-refractivity contribution in [2.75, 3.05) is 25.1 Å². The number of carbonyl (C=O) groups excluding carboxylic acids is 1. The summed E-state index contributed by atoms with van der Waals surface area (Å²) in [4.78, 5) is 13.0. The van der Waals surface area contributed by atoms with Crippen molar-refractivity contribution in [3.63, 3.8) is 0 Å². The molecule has 0 aliphatic heterocycles. The van der Waals surface area contributed by atoms with Gasteiger partial charge >= 0.3 is 0 Å². The Labute approximate surface area is 97.9 Å². The third-order valence-electron chi connectivity index (χ3n) is 2.47. The molecular formula is C10H22N2O3S. The van der Waals surface area contributed by atoms with Crippen LogP contribution in [-0.2, 0) is 14.6 Å². The molecule has 2 N–H and O–H groups in total. The predicted molar refractivity (Wildman–Crippen MR) is 64.8 cm³/mol. The van der Waals surface area contributed by atoms with E-state index in [1.165, 1.54) is 4.90 Å². The minimum atomic E-state index is -3.02. The Morgan fingerprint density at radius 2 is 1.94 bits per heavy atom. The first kappa shape index (κ1) is 15.4. The molecule has 0 aromatic carbocycles. The van der Waals surface area contributed by atoms with Crippen LogP contribution in [0, 0.1) is 0 Å². The van der Waals surface area contributed by atoms with Crippen molar-refractivity contribution in [3.8, 4) is 0 Å². The molecule has 0 aromatic heterocycles. The van der Waals surface area contributed by atoms with Crippen molar-refractivity contribution in [2.24, 2.45) is 5.73 Å². The van der Waals surface area contributed by atoms with Crippen LogP contribution >= 0.6 is 0 Å². The summed E-state index contributed by atoms with van der Waals surface area (Å²) in [5.41, 5.74) is 5.66. The lowest BCUT2D eigenvalue weighted by molar-refractivity contribution is -0.131. The van der Waals surface area contributed by atoms with Crippen LogP contribution in [0.3, 0.4) is 0 Å². The van der Waals surface area contributed by atoms with Crippen LogP contribution in [0.1, 0.15) is 26.7 Å². The van der Waals surface area contributed by atoms with Gasteiger partial charge in [0.15, 0.2) is 9.84 Å². The maximum atomic E-state index is 11.6. The van der Waals surface area contributed by atoms with E-state index in [1.807, 2.05) is 6.92 Å². The van der Waals surface area contributed by atoms with Crippen LogP contribution < -0.4 is 5.73 Å². The SMILES string of the molecule is CCCC(N)C(=O)N(C)CCS(=O)(=O)CC. The van der Waals surface area contributed by atoms with E-state index in [-0.39, 0.29) is 24.0 Å². The second-order valence-electron chi connectivity index (χ2n) is 3.89. The lowest BCUT2D eigenvalue weighted by Gasteiger charge is -2.20. The molecule has 5 nitrogen and oxygen atoms in total. The van der Waals surface area contributed by atoms with Crippen molar-refractivity contribution >= 4 is 15.7 Å². The maximum absolute atomic E-state index is 11.6. The summed E-state index contributed by atoms with van der Waals surface area (Å²) in [6.07, 6.45) is 1.47. The zero-order valence-electron chi connectivity index (χ0n) is 10.3. The monoisotopic (exact) mass is 250 g/mol. The van der Waals surface area contributed by atoms with Crippen LogP contribution in [0.5, 0.6) is 0 Å². The van der Waals surface area contributed by atoms with Crippen molar-refractivity contribution in [3.05, 3.63) is 0 Å². The van der Waals surface area contributed by atoms with Gasteiger partial charge in [0.2, 0.25) is 5.91 Å². The molecule has 0 heterocycles. The van der Waals surface area contributed by atoms with Gasteiger partial charge in [-0.05, 0) is 6.42 Å². The van der Waals surface area contributed by atoms with Crippen LogP contribution in [0.2, 0.25) is 0 Å². The Hall–Kier alpha value is -0.620. The Kier molecular flexibility index (Phi) is 6.59. The number of carbonyl (C=O) groups is 1. The summed E-state index contributed by atoms with van der Waals surface area (Å²) < 4.78 is 22.5. The molecule has 1 atom stereocenters. The molecule has 16 heavy (non-hydrogen) atoms. The molecule has 0 saturated heterocycles. The number of sulfone groups is 1. The van der Waals surface area contributed by atoms with Gasteiger partial charge in [-0.15, -0.1) is 0 Å². The standard InChI is InChI=1S/C10H22N2O3S/c1-4-6-9(11)10(13)12(3)7-8-16(14,15)5-2/h9H,4-8,11H2,1-3H3. The molecule has 0 aromatic rings. The third kappa shape index (κ3) is 5.46. The molecule has 6 heteroatoms. The zero-order valence-corrected chi connectivity index (χ0v) is 11.1. The van der Waals surface area contributed by atoms with Gasteiger partial charge in [0.25, 0.3) is 0 Å². The summed E-state index contributed by atoms with van der Waals surface area (Å²) in [5, 5.41) is 0. The molecule has 1 unspecified atom stereocenters. The Balaban J connectivity index is 4.16. The van der Waals surface area contributed by atoms with Crippen molar-refractivity contribution in [2.45, 2.75) is 32.7 Å². The van der Waals surface area contributed by atoms with E-state index in [2.05, 4.69) is 0 Å². The smallest absolute Gasteiger partial charge is 0.239 e. The molecule has 0 spiro atoms. The van der Waals surface area contributed by atoms with E-state index in [1.54, 1.807) is 14.0 Å². The average Bonchev–Trinajstić information content (AvgIpc) is 2.25. The first-order chi connectivity index (χ1) is 7.34. The summed E-state index contributed by atoms with van der Waals surface area (Å²) in [5.74, 6) is -0.0752. The minimum Gasteiger partial charge on any atom is -0.343 e. The predicted octanol–water partition coefficient (Wildman–Crippen LogP) is 0.00690. The lowest BCUT2D eigenvalue weighted by Crippen LogP contribution is -2.43.